The monoisotopic (exact) mass is 365 g/mol. The van der Waals surface area contributed by atoms with Crippen molar-refractivity contribution in [3.05, 3.63) is 40.3 Å². The molecule has 3 N–H and O–H groups in total. The van der Waals surface area contributed by atoms with Crippen LogP contribution < -0.4 is 10.5 Å². The number of nitrogens with zero attached hydrogens (tertiary/aromatic N) is 1. The number of anilines is 1. The van der Waals surface area contributed by atoms with Crippen LogP contribution in [0.25, 0.3) is 10.2 Å². The number of hydrogen-bond acceptors (Lipinski definition) is 6. The van der Waals surface area contributed by atoms with Gasteiger partial charge < -0.3 is 9.73 Å². The second-order valence-corrected chi connectivity index (χ2v) is 8.07. The number of carbonyl (C=O) groups excluding carboxylic acids is 1. The quantitative estimate of drug-likeness (QED) is 0.740. The first-order chi connectivity index (χ1) is 11.2. The zero-order chi connectivity index (χ0) is 17.6. The fraction of sp³-hybridized carbons (Fsp3) is 0.200. The van der Waals surface area contributed by atoms with Crippen LogP contribution in [0, 0.1) is 20.8 Å². The van der Waals surface area contributed by atoms with Crippen LogP contribution >= 0.6 is 11.3 Å². The summed E-state index contributed by atoms with van der Waals surface area (Å²) in [6.07, 6.45) is 0. The highest BCUT2D eigenvalue weighted by atomic mass is 32.2. The number of sulfonamides is 1. The third-order valence-corrected chi connectivity index (χ3v) is 5.46. The molecule has 0 saturated carbocycles. The Bertz CT molecular complexity index is 1060. The van der Waals surface area contributed by atoms with E-state index in [-0.39, 0.29) is 22.0 Å². The van der Waals surface area contributed by atoms with E-state index < -0.39 is 15.9 Å². The van der Waals surface area contributed by atoms with E-state index in [4.69, 9.17) is 9.56 Å². The number of primary sulfonamides is 1. The van der Waals surface area contributed by atoms with Crippen molar-refractivity contribution in [2.45, 2.75) is 25.7 Å². The molecular weight excluding hydrogens is 350 g/mol. The zero-order valence-electron chi connectivity index (χ0n) is 13.2. The number of benzene rings is 1. The first-order valence-electron chi connectivity index (χ1n) is 6.98. The summed E-state index contributed by atoms with van der Waals surface area (Å²) in [6.45, 7) is 4.88. The van der Waals surface area contributed by atoms with E-state index >= 15 is 0 Å². The molecule has 0 aliphatic rings. The molecule has 3 aromatic rings. The van der Waals surface area contributed by atoms with Gasteiger partial charge in [-0.3, -0.25) is 4.79 Å². The van der Waals surface area contributed by atoms with Crippen LogP contribution in [0.15, 0.2) is 27.5 Å². The molecule has 0 spiro atoms. The summed E-state index contributed by atoms with van der Waals surface area (Å²) < 4.78 is 29.7. The number of thiazole rings is 1. The van der Waals surface area contributed by atoms with Crippen LogP contribution in [-0.4, -0.2) is 19.3 Å². The number of rotatable bonds is 3. The van der Waals surface area contributed by atoms with Crippen molar-refractivity contribution in [1.29, 1.82) is 0 Å². The Morgan fingerprint density at radius 3 is 2.62 bits per heavy atom. The Morgan fingerprint density at radius 1 is 1.25 bits per heavy atom. The van der Waals surface area contributed by atoms with Gasteiger partial charge in [-0.25, -0.2) is 18.5 Å². The van der Waals surface area contributed by atoms with E-state index in [0.29, 0.717) is 5.69 Å². The molecule has 0 atom stereocenters. The maximum absolute atomic E-state index is 12.6. The van der Waals surface area contributed by atoms with Crippen molar-refractivity contribution in [3.63, 3.8) is 0 Å². The van der Waals surface area contributed by atoms with E-state index in [1.807, 2.05) is 6.92 Å². The third-order valence-electron chi connectivity index (χ3n) is 3.47. The van der Waals surface area contributed by atoms with E-state index in [1.165, 1.54) is 25.2 Å². The Hall–Kier alpha value is -2.23. The van der Waals surface area contributed by atoms with Gasteiger partial charge in [0, 0.05) is 5.69 Å². The van der Waals surface area contributed by atoms with Gasteiger partial charge in [-0.1, -0.05) is 0 Å². The molecular formula is C15H15N3O4S2. The Morgan fingerprint density at radius 2 is 1.96 bits per heavy atom. The molecule has 0 saturated heterocycles. The number of aromatic nitrogens is 1. The molecule has 0 fully saturated rings. The second-order valence-electron chi connectivity index (χ2n) is 5.33. The maximum atomic E-state index is 12.6. The predicted molar refractivity (Wildman–Crippen MR) is 91.9 cm³/mol. The number of fused-ring (bicyclic) bond motifs is 1. The number of aryl methyl sites for hydroxylation is 3. The lowest BCUT2D eigenvalue weighted by molar-refractivity contribution is 0.102. The van der Waals surface area contributed by atoms with Crippen LogP contribution in [0.4, 0.5) is 5.69 Å². The first kappa shape index (κ1) is 16.6. The molecule has 9 heteroatoms. The highest BCUT2D eigenvalue weighted by Crippen LogP contribution is 2.28. The molecule has 0 radical (unpaired) electrons. The molecule has 24 heavy (non-hydrogen) atoms. The van der Waals surface area contributed by atoms with E-state index in [9.17, 15) is 13.2 Å². The van der Waals surface area contributed by atoms with Crippen molar-refractivity contribution >= 4 is 43.2 Å². The lowest BCUT2D eigenvalue weighted by Gasteiger charge is -2.06. The Labute approximate surface area is 142 Å². The summed E-state index contributed by atoms with van der Waals surface area (Å²) in [7, 11) is -4.07. The normalized spacial score (nSPS) is 11.8. The zero-order valence-corrected chi connectivity index (χ0v) is 14.8. The third kappa shape index (κ3) is 2.93. The van der Waals surface area contributed by atoms with E-state index in [2.05, 4.69) is 10.3 Å². The number of hydrogen-bond donors (Lipinski definition) is 2. The van der Waals surface area contributed by atoms with Gasteiger partial charge in [0.25, 0.3) is 5.91 Å². The number of furan rings is 1. The minimum atomic E-state index is -4.07. The summed E-state index contributed by atoms with van der Waals surface area (Å²) in [5.74, 6) is -0.300. The van der Waals surface area contributed by atoms with Crippen LogP contribution in [0.2, 0.25) is 0 Å². The molecule has 3 rings (SSSR count). The highest BCUT2D eigenvalue weighted by Gasteiger charge is 2.28. The van der Waals surface area contributed by atoms with Gasteiger partial charge >= 0.3 is 0 Å². The molecule has 0 bridgehead atoms. The first-order valence-corrected chi connectivity index (χ1v) is 9.34. The fourth-order valence-corrected chi connectivity index (χ4v) is 4.41. The van der Waals surface area contributed by atoms with Crippen molar-refractivity contribution in [1.82, 2.24) is 4.98 Å². The number of amides is 1. The van der Waals surface area contributed by atoms with E-state index in [0.717, 1.165) is 15.2 Å². The van der Waals surface area contributed by atoms with Gasteiger partial charge in [0.1, 0.15) is 22.0 Å². The lowest BCUT2D eigenvalue weighted by atomic mass is 10.2. The van der Waals surface area contributed by atoms with Gasteiger partial charge in [-0.05, 0) is 39.0 Å². The molecule has 1 amide bonds. The minimum absolute atomic E-state index is 0.0735. The lowest BCUT2D eigenvalue weighted by Crippen LogP contribution is -2.20. The van der Waals surface area contributed by atoms with Gasteiger partial charge in [0.2, 0.25) is 10.0 Å². The topological polar surface area (TPSA) is 115 Å². The summed E-state index contributed by atoms with van der Waals surface area (Å²) in [6, 6.07) is 5.29. The smallest absolute Gasteiger partial charge is 0.260 e. The molecule has 1 aromatic carbocycles. The molecule has 0 aliphatic heterocycles. The Balaban J connectivity index is 2.00. The second kappa shape index (κ2) is 5.69. The number of nitrogens with two attached hydrogens (primary N) is 1. The summed E-state index contributed by atoms with van der Waals surface area (Å²) in [5, 5.41) is 8.81. The van der Waals surface area contributed by atoms with Crippen molar-refractivity contribution in [2.75, 3.05) is 5.32 Å². The average Bonchev–Trinajstić information content (AvgIpc) is 2.96. The Kier molecular flexibility index (Phi) is 3.94. The summed E-state index contributed by atoms with van der Waals surface area (Å²) in [5.41, 5.74) is 1.31. The largest absolute Gasteiger partial charge is 0.464 e. The molecule has 2 heterocycles. The standard InChI is InChI=1S/C15H15N3O4S2/c1-7-13(14(8(2)22-7)24(16,20)21)15(19)18-10-4-5-11-12(6-10)23-9(3)17-11/h4-6H,1-3H3,(H,18,19)(H2,16,20,21). The van der Waals surface area contributed by atoms with Gasteiger partial charge in [-0.15, -0.1) is 11.3 Å². The average molecular weight is 365 g/mol. The van der Waals surface area contributed by atoms with E-state index in [1.54, 1.807) is 18.2 Å². The minimum Gasteiger partial charge on any atom is -0.464 e. The van der Waals surface area contributed by atoms with Crippen molar-refractivity contribution in [3.8, 4) is 0 Å². The number of nitrogens with one attached hydrogen (secondary N) is 1. The summed E-state index contributed by atoms with van der Waals surface area (Å²) >= 11 is 1.51. The molecule has 126 valence electrons. The SMILES string of the molecule is Cc1nc2ccc(NC(=O)c3c(C)oc(C)c3S(N)(=O)=O)cc2s1. The number of carbonyl (C=O) groups is 1. The van der Waals surface area contributed by atoms with Crippen LogP contribution in [0.5, 0.6) is 0 Å². The van der Waals surface area contributed by atoms with Gasteiger partial charge in [-0.2, -0.15) is 0 Å². The molecule has 0 unspecified atom stereocenters. The van der Waals surface area contributed by atoms with Crippen molar-refractivity contribution < 1.29 is 17.6 Å². The van der Waals surface area contributed by atoms with Crippen LogP contribution in [0.1, 0.15) is 26.9 Å². The molecule has 2 aromatic heterocycles. The molecule has 0 aliphatic carbocycles. The predicted octanol–water partition coefficient (Wildman–Crippen LogP) is 2.71. The maximum Gasteiger partial charge on any atom is 0.260 e. The molecule has 7 nitrogen and oxygen atoms in total. The highest BCUT2D eigenvalue weighted by molar-refractivity contribution is 7.89. The fourth-order valence-electron chi connectivity index (χ4n) is 2.58. The van der Waals surface area contributed by atoms with Gasteiger partial charge in [0.15, 0.2) is 0 Å². The van der Waals surface area contributed by atoms with Crippen molar-refractivity contribution in [2.24, 2.45) is 5.14 Å². The van der Waals surface area contributed by atoms with Gasteiger partial charge in [0.05, 0.1) is 15.2 Å². The van der Waals surface area contributed by atoms with Crippen LogP contribution in [-0.2, 0) is 10.0 Å². The summed E-state index contributed by atoms with van der Waals surface area (Å²) in [4.78, 5) is 16.6. The van der Waals surface area contributed by atoms with Crippen LogP contribution in [0.3, 0.4) is 0 Å².